The molecule has 0 bridgehead atoms. The van der Waals surface area contributed by atoms with Gasteiger partial charge in [-0.2, -0.15) is 0 Å². The van der Waals surface area contributed by atoms with Crippen molar-refractivity contribution in [3.8, 4) is 5.75 Å². The molecule has 0 radical (unpaired) electrons. The number of hydrogen-bond acceptors (Lipinski definition) is 3. The van der Waals surface area contributed by atoms with Crippen LogP contribution in [0.4, 0.5) is 0 Å². The second kappa shape index (κ2) is 7.09. The summed E-state index contributed by atoms with van der Waals surface area (Å²) in [5, 5.41) is 0. The van der Waals surface area contributed by atoms with Gasteiger partial charge in [-0.25, -0.2) is 0 Å². The van der Waals surface area contributed by atoms with E-state index in [9.17, 15) is 4.79 Å². The number of piperidine rings is 1. The summed E-state index contributed by atoms with van der Waals surface area (Å²) >= 11 is 2.21. The number of aromatic nitrogens is 1. The maximum absolute atomic E-state index is 12.6. The van der Waals surface area contributed by atoms with Gasteiger partial charge in [0.15, 0.2) is 0 Å². The molecule has 4 nitrogen and oxygen atoms in total. The van der Waals surface area contributed by atoms with Crippen molar-refractivity contribution in [1.82, 2.24) is 9.88 Å². The van der Waals surface area contributed by atoms with Gasteiger partial charge in [0.1, 0.15) is 11.9 Å². The topological polar surface area (TPSA) is 42.4 Å². The van der Waals surface area contributed by atoms with Crippen LogP contribution in [-0.4, -0.2) is 35.0 Å². The zero-order valence-corrected chi connectivity index (χ0v) is 14.3. The first kappa shape index (κ1) is 15.3. The third kappa shape index (κ3) is 3.58. The number of halogens is 1. The highest BCUT2D eigenvalue weighted by molar-refractivity contribution is 14.1. The minimum absolute atomic E-state index is 0.116. The summed E-state index contributed by atoms with van der Waals surface area (Å²) in [6.07, 6.45) is 5.32. The Morgan fingerprint density at radius 2 is 1.95 bits per heavy atom. The van der Waals surface area contributed by atoms with Crippen molar-refractivity contribution in [2.45, 2.75) is 18.9 Å². The molecule has 0 N–H and O–H groups in total. The van der Waals surface area contributed by atoms with Crippen LogP contribution in [0.15, 0.2) is 48.8 Å². The van der Waals surface area contributed by atoms with Crippen LogP contribution in [0, 0.1) is 3.57 Å². The second-order valence-electron chi connectivity index (χ2n) is 5.28. The molecule has 1 aliphatic heterocycles. The van der Waals surface area contributed by atoms with Gasteiger partial charge >= 0.3 is 0 Å². The van der Waals surface area contributed by atoms with Gasteiger partial charge in [-0.05, 0) is 46.9 Å². The fourth-order valence-corrected chi connectivity index (χ4v) is 3.21. The average Bonchev–Trinajstić information content (AvgIpc) is 2.56. The molecular weight excluding hydrogens is 391 g/mol. The smallest absolute Gasteiger partial charge is 0.254 e. The summed E-state index contributed by atoms with van der Waals surface area (Å²) in [5.41, 5.74) is 0.787. The number of carbonyl (C=O) groups excluding carboxylic acids is 1. The minimum atomic E-state index is 0.116. The van der Waals surface area contributed by atoms with Gasteiger partial charge in [-0.1, -0.05) is 12.1 Å². The van der Waals surface area contributed by atoms with E-state index in [-0.39, 0.29) is 12.0 Å². The molecule has 1 aliphatic rings. The first-order chi connectivity index (χ1) is 10.7. The number of ether oxygens (including phenoxy) is 1. The van der Waals surface area contributed by atoms with Crippen molar-refractivity contribution in [2.24, 2.45) is 0 Å². The Bertz CT molecular complexity index is 640. The lowest BCUT2D eigenvalue weighted by Gasteiger charge is -2.32. The zero-order valence-electron chi connectivity index (χ0n) is 12.1. The molecule has 1 aromatic carbocycles. The quantitative estimate of drug-likeness (QED) is 0.732. The van der Waals surface area contributed by atoms with Gasteiger partial charge in [0, 0.05) is 35.7 Å². The molecule has 5 heteroatoms. The molecule has 2 heterocycles. The molecule has 1 fully saturated rings. The highest BCUT2D eigenvalue weighted by Crippen LogP contribution is 2.21. The van der Waals surface area contributed by atoms with E-state index in [4.69, 9.17) is 4.74 Å². The molecule has 0 atom stereocenters. The van der Waals surface area contributed by atoms with Crippen molar-refractivity contribution in [1.29, 1.82) is 0 Å². The Morgan fingerprint density at radius 1 is 1.18 bits per heavy atom. The van der Waals surface area contributed by atoms with Crippen LogP contribution in [0.2, 0.25) is 0 Å². The molecule has 0 unspecified atom stereocenters. The van der Waals surface area contributed by atoms with Crippen molar-refractivity contribution in [3.63, 3.8) is 0 Å². The number of likely N-dealkylation sites (tertiary alicyclic amines) is 1. The van der Waals surface area contributed by atoms with Gasteiger partial charge < -0.3 is 9.64 Å². The first-order valence-electron chi connectivity index (χ1n) is 7.34. The molecule has 22 heavy (non-hydrogen) atoms. The van der Waals surface area contributed by atoms with E-state index in [1.807, 2.05) is 41.3 Å². The van der Waals surface area contributed by atoms with Gasteiger partial charge in [-0.3, -0.25) is 9.78 Å². The van der Waals surface area contributed by atoms with Crippen LogP contribution < -0.4 is 4.74 Å². The van der Waals surface area contributed by atoms with E-state index in [0.717, 1.165) is 40.8 Å². The van der Waals surface area contributed by atoms with Crippen LogP contribution in [0.25, 0.3) is 0 Å². The summed E-state index contributed by atoms with van der Waals surface area (Å²) in [5.74, 6) is 0.912. The molecule has 1 aromatic heterocycles. The lowest BCUT2D eigenvalue weighted by molar-refractivity contribution is 0.0594. The number of nitrogens with zero attached hydrogens (tertiary/aromatic N) is 2. The van der Waals surface area contributed by atoms with E-state index in [2.05, 4.69) is 27.6 Å². The number of rotatable bonds is 3. The van der Waals surface area contributed by atoms with E-state index in [1.54, 1.807) is 12.4 Å². The molecule has 0 spiro atoms. The normalized spacial score (nSPS) is 15.6. The van der Waals surface area contributed by atoms with Gasteiger partial charge in [0.25, 0.3) is 5.91 Å². The molecular formula is C17H17IN2O2. The molecule has 114 valence electrons. The fourth-order valence-electron chi connectivity index (χ4n) is 2.59. The molecule has 2 aromatic rings. The van der Waals surface area contributed by atoms with Crippen molar-refractivity contribution in [3.05, 3.63) is 57.9 Å². The molecule has 3 rings (SSSR count). The fraction of sp³-hybridized carbons (Fsp3) is 0.294. The van der Waals surface area contributed by atoms with Gasteiger partial charge in [-0.15, -0.1) is 0 Å². The van der Waals surface area contributed by atoms with Crippen LogP contribution in [-0.2, 0) is 0 Å². The molecule has 0 aliphatic carbocycles. The van der Waals surface area contributed by atoms with E-state index in [1.165, 1.54) is 0 Å². The van der Waals surface area contributed by atoms with Crippen LogP contribution in [0.5, 0.6) is 5.75 Å². The van der Waals surface area contributed by atoms with Crippen LogP contribution >= 0.6 is 22.6 Å². The monoisotopic (exact) mass is 408 g/mol. The average molecular weight is 408 g/mol. The third-order valence-electron chi connectivity index (χ3n) is 3.77. The zero-order chi connectivity index (χ0) is 15.4. The van der Waals surface area contributed by atoms with E-state index < -0.39 is 0 Å². The van der Waals surface area contributed by atoms with Crippen molar-refractivity contribution >= 4 is 28.5 Å². The summed E-state index contributed by atoms with van der Waals surface area (Å²) in [4.78, 5) is 18.5. The first-order valence-corrected chi connectivity index (χ1v) is 8.42. The molecule has 1 saturated heterocycles. The standard InChI is InChI=1S/C17H17IN2O2/c18-16-6-2-1-5-15(16)17(21)20-10-7-13(8-11-20)22-14-4-3-9-19-12-14/h1-6,9,12-13H,7-8,10-11H2. The van der Waals surface area contributed by atoms with Crippen molar-refractivity contribution in [2.75, 3.05) is 13.1 Å². The third-order valence-corrected chi connectivity index (χ3v) is 4.71. The summed E-state index contributed by atoms with van der Waals surface area (Å²) in [6.45, 7) is 1.46. The maximum Gasteiger partial charge on any atom is 0.254 e. The number of carbonyl (C=O) groups is 1. The maximum atomic E-state index is 12.6. The lowest BCUT2D eigenvalue weighted by atomic mass is 10.1. The van der Waals surface area contributed by atoms with E-state index in [0.29, 0.717) is 0 Å². The number of benzene rings is 1. The highest BCUT2D eigenvalue weighted by Gasteiger charge is 2.25. The SMILES string of the molecule is O=C(c1ccccc1I)N1CCC(Oc2cccnc2)CC1. The predicted octanol–water partition coefficient (Wildman–Crippen LogP) is 3.37. The lowest BCUT2D eigenvalue weighted by Crippen LogP contribution is -2.42. The number of amides is 1. The Kier molecular flexibility index (Phi) is 4.92. The second-order valence-corrected chi connectivity index (χ2v) is 6.44. The Balaban J connectivity index is 1.58. The minimum Gasteiger partial charge on any atom is -0.489 e. The summed E-state index contributed by atoms with van der Waals surface area (Å²) in [6, 6.07) is 11.5. The number of hydrogen-bond donors (Lipinski definition) is 0. The Labute approximate surface area is 143 Å². The Morgan fingerprint density at radius 3 is 2.64 bits per heavy atom. The van der Waals surface area contributed by atoms with E-state index >= 15 is 0 Å². The summed E-state index contributed by atoms with van der Waals surface area (Å²) < 4.78 is 6.91. The highest BCUT2D eigenvalue weighted by atomic mass is 127. The van der Waals surface area contributed by atoms with Crippen LogP contribution in [0.1, 0.15) is 23.2 Å². The number of pyridine rings is 1. The summed E-state index contributed by atoms with van der Waals surface area (Å²) in [7, 11) is 0. The molecule has 0 saturated carbocycles. The van der Waals surface area contributed by atoms with Gasteiger partial charge in [0.05, 0.1) is 11.8 Å². The predicted molar refractivity (Wildman–Crippen MR) is 92.9 cm³/mol. The van der Waals surface area contributed by atoms with Gasteiger partial charge in [0.2, 0.25) is 0 Å². The van der Waals surface area contributed by atoms with Crippen molar-refractivity contribution < 1.29 is 9.53 Å². The largest absolute Gasteiger partial charge is 0.489 e. The Hall–Kier alpha value is -1.63. The molecule has 1 amide bonds. The van der Waals surface area contributed by atoms with Crippen LogP contribution in [0.3, 0.4) is 0 Å².